The van der Waals surface area contributed by atoms with Crippen LogP contribution in [0.2, 0.25) is 0 Å². The van der Waals surface area contributed by atoms with Crippen molar-refractivity contribution in [2.24, 2.45) is 0 Å². The topological polar surface area (TPSA) is 65.0 Å². The van der Waals surface area contributed by atoms with Crippen molar-refractivity contribution in [1.82, 2.24) is 0 Å². The lowest BCUT2D eigenvalue weighted by atomic mass is 10.4. The third-order valence-corrected chi connectivity index (χ3v) is 1.27. The van der Waals surface area contributed by atoms with E-state index < -0.39 is 12.1 Å². The van der Waals surface area contributed by atoms with Gasteiger partial charge in [-0.15, -0.1) is 0 Å². The molecule has 5 nitrogen and oxygen atoms in total. The SMILES string of the molecule is CCOC(=O)[C@H](O)COCCOC. The highest BCUT2D eigenvalue weighted by Gasteiger charge is 2.15. The number of carbonyl (C=O) groups is 1. The fraction of sp³-hybridized carbons (Fsp3) is 0.875. The predicted octanol–water partition coefficient (Wildman–Crippen LogP) is -0.427. The molecule has 0 heterocycles. The van der Waals surface area contributed by atoms with E-state index in [1.807, 2.05) is 0 Å². The van der Waals surface area contributed by atoms with Gasteiger partial charge in [0.05, 0.1) is 26.4 Å². The molecule has 1 atom stereocenters. The summed E-state index contributed by atoms with van der Waals surface area (Å²) in [6.07, 6.45) is -1.20. The molecule has 0 saturated heterocycles. The van der Waals surface area contributed by atoms with E-state index in [1.54, 1.807) is 14.0 Å². The van der Waals surface area contributed by atoms with Gasteiger partial charge in [-0.1, -0.05) is 0 Å². The molecule has 0 rings (SSSR count). The van der Waals surface area contributed by atoms with E-state index in [0.29, 0.717) is 13.2 Å². The first-order chi connectivity index (χ1) is 6.22. The smallest absolute Gasteiger partial charge is 0.337 e. The van der Waals surface area contributed by atoms with Crippen molar-refractivity contribution in [2.75, 3.05) is 33.5 Å². The Labute approximate surface area is 77.6 Å². The van der Waals surface area contributed by atoms with Gasteiger partial charge in [-0.05, 0) is 6.92 Å². The molecule has 0 radical (unpaired) electrons. The number of aliphatic hydroxyl groups is 1. The molecule has 0 spiro atoms. The van der Waals surface area contributed by atoms with Gasteiger partial charge in [-0.3, -0.25) is 0 Å². The van der Waals surface area contributed by atoms with Crippen LogP contribution in [0.25, 0.3) is 0 Å². The second kappa shape index (κ2) is 7.97. The minimum atomic E-state index is -1.20. The molecule has 0 saturated carbocycles. The molecule has 0 aliphatic rings. The first kappa shape index (κ1) is 12.3. The van der Waals surface area contributed by atoms with Gasteiger partial charge in [0.1, 0.15) is 0 Å². The number of esters is 1. The summed E-state index contributed by atoms with van der Waals surface area (Å²) in [4.78, 5) is 10.8. The van der Waals surface area contributed by atoms with Gasteiger partial charge in [0.25, 0.3) is 0 Å². The Bertz CT molecular complexity index is 136. The zero-order valence-corrected chi connectivity index (χ0v) is 7.99. The fourth-order valence-corrected chi connectivity index (χ4v) is 0.644. The molecule has 0 aromatic carbocycles. The van der Waals surface area contributed by atoms with Crippen LogP contribution in [0.3, 0.4) is 0 Å². The lowest BCUT2D eigenvalue weighted by Crippen LogP contribution is -2.28. The summed E-state index contributed by atoms with van der Waals surface area (Å²) in [5.74, 6) is -0.653. The summed E-state index contributed by atoms with van der Waals surface area (Å²) in [7, 11) is 1.55. The molecule has 0 amide bonds. The average molecular weight is 192 g/mol. The van der Waals surface area contributed by atoms with Gasteiger partial charge in [0.15, 0.2) is 6.10 Å². The highest BCUT2D eigenvalue weighted by atomic mass is 16.6. The van der Waals surface area contributed by atoms with Crippen LogP contribution in [0.15, 0.2) is 0 Å². The van der Waals surface area contributed by atoms with E-state index in [9.17, 15) is 4.79 Å². The second-order valence-electron chi connectivity index (χ2n) is 2.34. The van der Waals surface area contributed by atoms with Crippen molar-refractivity contribution in [3.05, 3.63) is 0 Å². The van der Waals surface area contributed by atoms with Gasteiger partial charge in [-0.25, -0.2) is 4.79 Å². The standard InChI is InChI=1S/C8H16O5/c1-3-13-8(10)7(9)6-12-5-4-11-2/h7,9H,3-6H2,1-2H3/t7-/m1/s1. The number of carbonyl (C=O) groups excluding carboxylic acids is 1. The van der Waals surface area contributed by atoms with Crippen molar-refractivity contribution in [3.63, 3.8) is 0 Å². The van der Waals surface area contributed by atoms with Crippen LogP contribution < -0.4 is 0 Å². The fourth-order valence-electron chi connectivity index (χ4n) is 0.644. The van der Waals surface area contributed by atoms with Gasteiger partial charge in [0, 0.05) is 7.11 Å². The van der Waals surface area contributed by atoms with E-state index in [0.717, 1.165) is 0 Å². The molecule has 1 N–H and O–H groups in total. The van der Waals surface area contributed by atoms with Crippen LogP contribution in [0.4, 0.5) is 0 Å². The van der Waals surface area contributed by atoms with E-state index in [4.69, 9.17) is 14.6 Å². The lowest BCUT2D eigenvalue weighted by molar-refractivity contribution is -0.156. The molecule has 5 heteroatoms. The lowest BCUT2D eigenvalue weighted by Gasteiger charge is -2.09. The molecular formula is C8H16O5. The Balaban J connectivity index is 3.38. The molecule has 0 aliphatic carbocycles. The number of rotatable bonds is 7. The first-order valence-electron chi connectivity index (χ1n) is 4.13. The van der Waals surface area contributed by atoms with Crippen molar-refractivity contribution in [3.8, 4) is 0 Å². The third kappa shape index (κ3) is 6.51. The number of methoxy groups -OCH3 is 1. The summed E-state index contributed by atoms with van der Waals surface area (Å²) in [6, 6.07) is 0. The number of aliphatic hydroxyl groups excluding tert-OH is 1. The maximum Gasteiger partial charge on any atom is 0.337 e. The summed E-state index contributed by atoms with van der Waals surface area (Å²) in [5, 5.41) is 9.11. The molecule has 0 bridgehead atoms. The van der Waals surface area contributed by atoms with E-state index >= 15 is 0 Å². The quantitative estimate of drug-likeness (QED) is 0.438. The monoisotopic (exact) mass is 192 g/mol. The zero-order chi connectivity index (χ0) is 10.1. The molecule has 0 aromatic rings. The third-order valence-electron chi connectivity index (χ3n) is 1.27. The van der Waals surface area contributed by atoms with Gasteiger partial charge < -0.3 is 19.3 Å². The molecule has 0 fully saturated rings. The molecule has 78 valence electrons. The van der Waals surface area contributed by atoms with E-state index in [2.05, 4.69) is 4.74 Å². The van der Waals surface area contributed by atoms with Crippen LogP contribution in [-0.2, 0) is 19.0 Å². The van der Waals surface area contributed by atoms with E-state index in [1.165, 1.54) is 0 Å². The Kier molecular flexibility index (Phi) is 7.57. The average Bonchev–Trinajstić information content (AvgIpc) is 2.12. The van der Waals surface area contributed by atoms with Crippen LogP contribution >= 0.6 is 0 Å². The normalized spacial score (nSPS) is 12.5. The molecule has 0 aromatic heterocycles. The Morgan fingerprint density at radius 3 is 2.69 bits per heavy atom. The Morgan fingerprint density at radius 1 is 1.46 bits per heavy atom. The Hall–Kier alpha value is -0.650. The van der Waals surface area contributed by atoms with Crippen molar-refractivity contribution in [1.29, 1.82) is 0 Å². The molecular weight excluding hydrogens is 176 g/mol. The molecule has 13 heavy (non-hydrogen) atoms. The van der Waals surface area contributed by atoms with Crippen LogP contribution in [0.5, 0.6) is 0 Å². The van der Waals surface area contributed by atoms with E-state index in [-0.39, 0.29) is 13.2 Å². The van der Waals surface area contributed by atoms with Crippen molar-refractivity contribution < 1.29 is 24.1 Å². The Morgan fingerprint density at radius 2 is 2.15 bits per heavy atom. The highest BCUT2D eigenvalue weighted by molar-refractivity contribution is 5.74. The summed E-state index contributed by atoms with van der Waals surface area (Å²) in [5.41, 5.74) is 0. The maximum atomic E-state index is 10.8. The van der Waals surface area contributed by atoms with Crippen LogP contribution in [0, 0.1) is 0 Å². The minimum Gasteiger partial charge on any atom is -0.464 e. The zero-order valence-electron chi connectivity index (χ0n) is 7.99. The molecule has 0 aliphatic heterocycles. The summed E-state index contributed by atoms with van der Waals surface area (Å²) < 4.78 is 14.2. The van der Waals surface area contributed by atoms with Crippen LogP contribution in [0.1, 0.15) is 6.92 Å². The summed E-state index contributed by atoms with van der Waals surface area (Å²) in [6.45, 7) is 2.68. The summed E-state index contributed by atoms with van der Waals surface area (Å²) >= 11 is 0. The van der Waals surface area contributed by atoms with Gasteiger partial charge in [-0.2, -0.15) is 0 Å². The predicted molar refractivity (Wildman–Crippen MR) is 45.3 cm³/mol. The first-order valence-corrected chi connectivity index (χ1v) is 4.13. The highest BCUT2D eigenvalue weighted by Crippen LogP contribution is 1.90. The van der Waals surface area contributed by atoms with Crippen molar-refractivity contribution >= 4 is 5.97 Å². The second-order valence-corrected chi connectivity index (χ2v) is 2.34. The van der Waals surface area contributed by atoms with Gasteiger partial charge in [0.2, 0.25) is 0 Å². The number of hydrogen-bond donors (Lipinski definition) is 1. The van der Waals surface area contributed by atoms with Crippen molar-refractivity contribution in [2.45, 2.75) is 13.0 Å². The van der Waals surface area contributed by atoms with Gasteiger partial charge >= 0.3 is 5.97 Å². The number of ether oxygens (including phenoxy) is 3. The minimum absolute atomic E-state index is 0.0534. The number of hydrogen-bond acceptors (Lipinski definition) is 5. The maximum absolute atomic E-state index is 10.8. The molecule has 0 unspecified atom stereocenters. The largest absolute Gasteiger partial charge is 0.464 e. The van der Waals surface area contributed by atoms with Crippen LogP contribution in [-0.4, -0.2) is 50.7 Å².